The summed E-state index contributed by atoms with van der Waals surface area (Å²) in [6.07, 6.45) is 3.65. The first kappa shape index (κ1) is 17.7. The topological polar surface area (TPSA) is 95.7 Å². The van der Waals surface area contributed by atoms with Gasteiger partial charge in [-0.25, -0.2) is 0 Å². The largest absolute Gasteiger partial charge is 0.396 e. The van der Waals surface area contributed by atoms with Crippen molar-refractivity contribution in [3.05, 3.63) is 33.3 Å². The molecule has 0 bridgehead atoms. The van der Waals surface area contributed by atoms with Crippen LogP contribution < -0.4 is 5.32 Å². The molecular weight excluding hydrogens is 322 g/mol. The minimum absolute atomic E-state index is 0.141. The summed E-state index contributed by atoms with van der Waals surface area (Å²) in [4.78, 5) is 24.7. The van der Waals surface area contributed by atoms with E-state index in [2.05, 4.69) is 10.2 Å². The van der Waals surface area contributed by atoms with E-state index in [1.165, 1.54) is 18.2 Å². The number of amides is 1. The van der Waals surface area contributed by atoms with Gasteiger partial charge in [0, 0.05) is 23.7 Å². The average Bonchev–Trinajstić information content (AvgIpc) is 3.33. The quantitative estimate of drug-likeness (QED) is 0.408. The fourth-order valence-electron chi connectivity index (χ4n) is 2.39. The standard InChI is InChI=1S/C15H20ClN3O4/c16-11-3-6-13(14(9-11)19(22)23)17-15(21)10-18(12-4-5-12)7-1-2-8-20/h3,6,9,12,20H,1-2,4-5,7-8,10H2,(H,17,21). The molecule has 1 aromatic carbocycles. The lowest BCUT2D eigenvalue weighted by Crippen LogP contribution is -2.35. The molecule has 1 amide bonds. The lowest BCUT2D eigenvalue weighted by atomic mass is 10.2. The van der Waals surface area contributed by atoms with E-state index < -0.39 is 4.92 Å². The molecule has 1 aromatic rings. The van der Waals surface area contributed by atoms with E-state index in [0.717, 1.165) is 25.8 Å². The first-order chi connectivity index (χ1) is 11.0. The number of hydrogen-bond acceptors (Lipinski definition) is 5. The van der Waals surface area contributed by atoms with Crippen LogP contribution in [0.5, 0.6) is 0 Å². The zero-order chi connectivity index (χ0) is 16.8. The summed E-state index contributed by atoms with van der Waals surface area (Å²) in [6.45, 7) is 1.07. The van der Waals surface area contributed by atoms with E-state index in [-0.39, 0.29) is 35.5 Å². The van der Waals surface area contributed by atoms with Crippen LogP contribution in [0.1, 0.15) is 25.7 Å². The summed E-state index contributed by atoms with van der Waals surface area (Å²) in [5.41, 5.74) is -0.0698. The van der Waals surface area contributed by atoms with Crippen LogP contribution in [-0.2, 0) is 4.79 Å². The van der Waals surface area contributed by atoms with Gasteiger partial charge in [-0.1, -0.05) is 11.6 Å². The molecule has 1 fully saturated rings. The second-order valence-electron chi connectivity index (χ2n) is 5.60. The molecule has 0 saturated heterocycles. The molecular formula is C15H20ClN3O4. The van der Waals surface area contributed by atoms with Crippen LogP contribution in [-0.4, -0.2) is 46.6 Å². The number of nitrogens with one attached hydrogen (secondary N) is 1. The number of nitro benzene ring substituents is 1. The minimum Gasteiger partial charge on any atom is -0.396 e. The molecule has 0 atom stereocenters. The monoisotopic (exact) mass is 341 g/mol. The zero-order valence-corrected chi connectivity index (χ0v) is 13.5. The number of aliphatic hydroxyl groups excluding tert-OH is 1. The first-order valence-corrected chi connectivity index (χ1v) is 7.97. The highest BCUT2D eigenvalue weighted by Gasteiger charge is 2.30. The summed E-state index contributed by atoms with van der Waals surface area (Å²) < 4.78 is 0. The molecule has 0 heterocycles. The van der Waals surface area contributed by atoms with Crippen LogP contribution in [0.2, 0.25) is 5.02 Å². The van der Waals surface area contributed by atoms with Gasteiger partial charge in [-0.2, -0.15) is 0 Å². The molecule has 0 unspecified atom stereocenters. The predicted molar refractivity (Wildman–Crippen MR) is 87.7 cm³/mol. The van der Waals surface area contributed by atoms with Crippen LogP contribution in [0.4, 0.5) is 11.4 Å². The number of benzene rings is 1. The molecule has 0 spiro atoms. The predicted octanol–water partition coefficient (Wildman–Crippen LogP) is 2.42. The zero-order valence-electron chi connectivity index (χ0n) is 12.7. The highest BCUT2D eigenvalue weighted by atomic mass is 35.5. The number of rotatable bonds is 9. The second-order valence-corrected chi connectivity index (χ2v) is 6.04. The molecule has 1 aliphatic carbocycles. The summed E-state index contributed by atoms with van der Waals surface area (Å²) in [6, 6.07) is 4.56. The molecule has 2 rings (SSSR count). The van der Waals surface area contributed by atoms with E-state index >= 15 is 0 Å². The molecule has 0 aromatic heterocycles. The van der Waals surface area contributed by atoms with Gasteiger partial charge in [0.2, 0.25) is 5.91 Å². The highest BCUT2D eigenvalue weighted by molar-refractivity contribution is 6.31. The van der Waals surface area contributed by atoms with Crippen molar-refractivity contribution < 1.29 is 14.8 Å². The highest BCUT2D eigenvalue weighted by Crippen LogP contribution is 2.29. The first-order valence-electron chi connectivity index (χ1n) is 7.60. The van der Waals surface area contributed by atoms with Gasteiger partial charge < -0.3 is 10.4 Å². The molecule has 8 heteroatoms. The number of carbonyl (C=O) groups excluding carboxylic acids is 1. The van der Waals surface area contributed by atoms with Crippen LogP contribution in [0.15, 0.2) is 18.2 Å². The van der Waals surface area contributed by atoms with Crippen molar-refractivity contribution in [1.29, 1.82) is 0 Å². The van der Waals surface area contributed by atoms with Crippen molar-refractivity contribution in [2.45, 2.75) is 31.7 Å². The van der Waals surface area contributed by atoms with Gasteiger partial charge in [-0.3, -0.25) is 19.8 Å². The molecule has 7 nitrogen and oxygen atoms in total. The van der Waals surface area contributed by atoms with Crippen molar-refractivity contribution in [2.24, 2.45) is 0 Å². The molecule has 0 radical (unpaired) electrons. The third-order valence-electron chi connectivity index (χ3n) is 3.69. The number of carbonyl (C=O) groups is 1. The fourth-order valence-corrected chi connectivity index (χ4v) is 2.56. The van der Waals surface area contributed by atoms with Gasteiger partial charge in [0.15, 0.2) is 0 Å². The maximum atomic E-state index is 12.2. The third kappa shape index (κ3) is 5.46. The summed E-state index contributed by atoms with van der Waals surface area (Å²) in [5.74, 6) is -0.286. The minimum atomic E-state index is -0.568. The van der Waals surface area contributed by atoms with Gasteiger partial charge in [-0.15, -0.1) is 0 Å². The van der Waals surface area contributed by atoms with Crippen LogP contribution in [0.3, 0.4) is 0 Å². The molecule has 1 aliphatic rings. The number of unbranched alkanes of at least 4 members (excludes halogenated alkanes) is 1. The van der Waals surface area contributed by atoms with E-state index in [1.807, 2.05) is 0 Å². The van der Waals surface area contributed by atoms with Crippen LogP contribution in [0.25, 0.3) is 0 Å². The average molecular weight is 342 g/mol. The van der Waals surface area contributed by atoms with E-state index in [4.69, 9.17) is 16.7 Å². The number of nitrogens with zero attached hydrogens (tertiary/aromatic N) is 2. The molecule has 1 saturated carbocycles. The number of aliphatic hydroxyl groups is 1. The van der Waals surface area contributed by atoms with Gasteiger partial charge in [0.25, 0.3) is 5.69 Å². The summed E-state index contributed by atoms with van der Waals surface area (Å²) in [5, 5.41) is 22.7. The lowest BCUT2D eigenvalue weighted by molar-refractivity contribution is -0.383. The maximum absolute atomic E-state index is 12.2. The number of halogens is 1. The van der Waals surface area contributed by atoms with Crippen LogP contribution in [0, 0.1) is 10.1 Å². The Hall–Kier alpha value is -1.70. The van der Waals surface area contributed by atoms with Crippen LogP contribution >= 0.6 is 11.6 Å². The Morgan fingerprint density at radius 3 is 2.78 bits per heavy atom. The fraction of sp³-hybridized carbons (Fsp3) is 0.533. The molecule has 0 aliphatic heterocycles. The van der Waals surface area contributed by atoms with E-state index in [9.17, 15) is 14.9 Å². The Morgan fingerprint density at radius 1 is 1.43 bits per heavy atom. The van der Waals surface area contributed by atoms with Gasteiger partial charge in [0.05, 0.1) is 11.5 Å². The van der Waals surface area contributed by atoms with Crippen molar-refractivity contribution in [2.75, 3.05) is 25.0 Å². The van der Waals surface area contributed by atoms with Crippen molar-refractivity contribution >= 4 is 28.9 Å². The smallest absolute Gasteiger partial charge is 0.294 e. The number of anilines is 1. The van der Waals surface area contributed by atoms with E-state index in [0.29, 0.717) is 12.5 Å². The van der Waals surface area contributed by atoms with Gasteiger partial charge in [0.1, 0.15) is 5.69 Å². The van der Waals surface area contributed by atoms with E-state index in [1.54, 1.807) is 0 Å². The lowest BCUT2D eigenvalue weighted by Gasteiger charge is -2.21. The Balaban J connectivity index is 1.96. The summed E-state index contributed by atoms with van der Waals surface area (Å²) >= 11 is 5.76. The third-order valence-corrected chi connectivity index (χ3v) is 3.93. The van der Waals surface area contributed by atoms with Gasteiger partial charge in [-0.05, 0) is 44.4 Å². The van der Waals surface area contributed by atoms with Gasteiger partial charge >= 0.3 is 0 Å². The van der Waals surface area contributed by atoms with Crippen molar-refractivity contribution in [3.63, 3.8) is 0 Å². The SMILES string of the molecule is O=C(CN(CCCCO)C1CC1)Nc1ccc(Cl)cc1[N+](=O)[O-]. The number of hydrogen-bond donors (Lipinski definition) is 2. The molecule has 23 heavy (non-hydrogen) atoms. The Morgan fingerprint density at radius 2 is 2.17 bits per heavy atom. The second kappa shape index (κ2) is 8.24. The normalized spacial score (nSPS) is 14.0. The number of nitro groups is 1. The Bertz CT molecular complexity index is 578. The molecule has 126 valence electrons. The Kier molecular flexibility index (Phi) is 6.32. The van der Waals surface area contributed by atoms with Crippen molar-refractivity contribution in [1.82, 2.24) is 4.90 Å². The molecule has 2 N–H and O–H groups in total. The van der Waals surface area contributed by atoms with Crippen molar-refractivity contribution in [3.8, 4) is 0 Å². The Labute approximate surface area is 139 Å². The maximum Gasteiger partial charge on any atom is 0.294 e. The summed E-state index contributed by atoms with van der Waals surface area (Å²) in [7, 11) is 0.